The molecule has 0 atom stereocenters. The normalized spacial score (nSPS) is 17.3. The van der Waals surface area contributed by atoms with Crippen molar-refractivity contribution in [1.82, 2.24) is 14.9 Å². The molecule has 1 aliphatic carbocycles. The lowest BCUT2D eigenvalue weighted by atomic mass is 10.1. The molecule has 0 saturated heterocycles. The topological polar surface area (TPSA) is 46.1 Å². The number of hydrogen-bond donors (Lipinski definition) is 0. The van der Waals surface area contributed by atoms with Gasteiger partial charge in [-0.3, -0.25) is 4.79 Å². The lowest BCUT2D eigenvalue weighted by Crippen LogP contribution is -2.34. The van der Waals surface area contributed by atoms with Gasteiger partial charge in [0.1, 0.15) is 5.82 Å². The lowest BCUT2D eigenvalue weighted by molar-refractivity contribution is -0.132. The summed E-state index contributed by atoms with van der Waals surface area (Å²) < 4.78 is 13.1. The summed E-state index contributed by atoms with van der Waals surface area (Å²) in [5.74, 6) is 0.924. The van der Waals surface area contributed by atoms with Crippen LogP contribution in [0.1, 0.15) is 29.8 Å². The molecular weight excluding hydrogens is 305 g/mol. The van der Waals surface area contributed by atoms with Crippen LogP contribution < -0.4 is 0 Å². The monoisotopic (exact) mass is 325 g/mol. The van der Waals surface area contributed by atoms with E-state index in [0.717, 1.165) is 61.3 Å². The van der Waals surface area contributed by atoms with E-state index in [0.29, 0.717) is 11.7 Å². The molecule has 1 aromatic carbocycles. The van der Waals surface area contributed by atoms with Gasteiger partial charge in [-0.2, -0.15) is 0 Å². The van der Waals surface area contributed by atoms with Crippen molar-refractivity contribution in [3.8, 4) is 11.4 Å². The van der Waals surface area contributed by atoms with Crippen molar-refractivity contribution >= 4 is 5.91 Å². The second-order valence-corrected chi connectivity index (χ2v) is 6.66. The van der Waals surface area contributed by atoms with E-state index in [1.807, 2.05) is 11.8 Å². The van der Waals surface area contributed by atoms with Crippen LogP contribution in [0.4, 0.5) is 4.39 Å². The third-order valence-corrected chi connectivity index (χ3v) is 4.89. The summed E-state index contributed by atoms with van der Waals surface area (Å²) in [4.78, 5) is 23.6. The molecule has 1 saturated carbocycles. The van der Waals surface area contributed by atoms with Gasteiger partial charge in [0.05, 0.1) is 0 Å². The number of aryl methyl sites for hydroxylation is 1. The van der Waals surface area contributed by atoms with Gasteiger partial charge in [0.2, 0.25) is 5.91 Å². The molecule has 0 bridgehead atoms. The summed E-state index contributed by atoms with van der Waals surface area (Å²) in [5, 5.41) is 0. The predicted octanol–water partition coefficient (Wildman–Crippen LogP) is 2.93. The Hall–Kier alpha value is -2.30. The van der Waals surface area contributed by atoms with Crippen LogP contribution in [0.2, 0.25) is 0 Å². The number of halogens is 1. The highest BCUT2D eigenvalue weighted by atomic mass is 19.1. The summed E-state index contributed by atoms with van der Waals surface area (Å²) in [6, 6.07) is 6.26. The van der Waals surface area contributed by atoms with Crippen molar-refractivity contribution in [2.45, 2.75) is 32.6 Å². The Bertz CT molecular complexity index is 784. The molecule has 5 heteroatoms. The third kappa shape index (κ3) is 2.90. The van der Waals surface area contributed by atoms with Crippen molar-refractivity contribution in [1.29, 1.82) is 0 Å². The van der Waals surface area contributed by atoms with Crippen LogP contribution in [0, 0.1) is 18.7 Å². The van der Waals surface area contributed by atoms with Crippen LogP contribution in [-0.4, -0.2) is 33.9 Å². The van der Waals surface area contributed by atoms with Crippen LogP contribution in [0.5, 0.6) is 0 Å². The average molecular weight is 325 g/mol. The standard InChI is InChI=1S/C19H20FN3O/c1-12-16-8-10-23(19(24)14-2-3-14)11-9-17(16)22-18(21-12)13-4-6-15(20)7-5-13/h4-7,14H,2-3,8-11H2,1H3. The van der Waals surface area contributed by atoms with E-state index in [9.17, 15) is 9.18 Å². The molecule has 1 aliphatic heterocycles. The second-order valence-electron chi connectivity index (χ2n) is 6.66. The Morgan fingerprint density at radius 2 is 1.83 bits per heavy atom. The molecule has 124 valence electrons. The van der Waals surface area contributed by atoms with E-state index in [2.05, 4.69) is 4.98 Å². The molecule has 1 amide bonds. The second kappa shape index (κ2) is 5.96. The van der Waals surface area contributed by atoms with Crippen LogP contribution in [0.25, 0.3) is 11.4 Å². The lowest BCUT2D eigenvalue weighted by Gasteiger charge is -2.19. The molecule has 2 aromatic rings. The van der Waals surface area contributed by atoms with Crippen molar-refractivity contribution in [2.75, 3.05) is 13.1 Å². The fraction of sp³-hybridized carbons (Fsp3) is 0.421. The SMILES string of the molecule is Cc1nc(-c2ccc(F)cc2)nc2c1CCN(C(=O)C1CC1)CC2. The van der Waals surface area contributed by atoms with Gasteiger partial charge >= 0.3 is 0 Å². The number of rotatable bonds is 2. The number of amides is 1. The van der Waals surface area contributed by atoms with E-state index in [1.54, 1.807) is 12.1 Å². The Balaban J connectivity index is 1.62. The van der Waals surface area contributed by atoms with E-state index < -0.39 is 0 Å². The number of carbonyl (C=O) groups is 1. The number of benzene rings is 1. The maximum atomic E-state index is 13.1. The molecule has 0 spiro atoms. The number of fused-ring (bicyclic) bond motifs is 1. The molecule has 1 fully saturated rings. The van der Waals surface area contributed by atoms with Gasteiger partial charge in [-0.25, -0.2) is 14.4 Å². The minimum atomic E-state index is -0.264. The van der Waals surface area contributed by atoms with Gasteiger partial charge in [0.25, 0.3) is 0 Å². The molecule has 0 N–H and O–H groups in total. The van der Waals surface area contributed by atoms with Crippen LogP contribution in [0.3, 0.4) is 0 Å². The molecule has 2 heterocycles. The van der Waals surface area contributed by atoms with E-state index >= 15 is 0 Å². The highest BCUT2D eigenvalue weighted by molar-refractivity contribution is 5.81. The fourth-order valence-electron chi connectivity index (χ4n) is 3.32. The maximum absolute atomic E-state index is 13.1. The summed E-state index contributed by atoms with van der Waals surface area (Å²) in [6.45, 7) is 3.47. The summed E-state index contributed by atoms with van der Waals surface area (Å²) in [7, 11) is 0. The molecule has 4 rings (SSSR count). The van der Waals surface area contributed by atoms with Gasteiger partial charge in [-0.15, -0.1) is 0 Å². The largest absolute Gasteiger partial charge is 0.342 e. The quantitative estimate of drug-likeness (QED) is 0.853. The first-order chi connectivity index (χ1) is 11.6. The van der Waals surface area contributed by atoms with Crippen molar-refractivity contribution in [3.63, 3.8) is 0 Å². The van der Waals surface area contributed by atoms with E-state index in [4.69, 9.17) is 4.98 Å². The first-order valence-electron chi connectivity index (χ1n) is 8.53. The highest BCUT2D eigenvalue weighted by Crippen LogP contribution is 2.32. The Morgan fingerprint density at radius 3 is 2.54 bits per heavy atom. The van der Waals surface area contributed by atoms with Crippen molar-refractivity contribution in [3.05, 3.63) is 47.0 Å². The summed E-state index contributed by atoms with van der Waals surface area (Å²) in [6.07, 6.45) is 3.64. The number of nitrogens with zero attached hydrogens (tertiary/aromatic N) is 3. The average Bonchev–Trinajstić information content (AvgIpc) is 3.42. The maximum Gasteiger partial charge on any atom is 0.225 e. The minimum absolute atomic E-state index is 0.258. The highest BCUT2D eigenvalue weighted by Gasteiger charge is 2.34. The van der Waals surface area contributed by atoms with Crippen LogP contribution >= 0.6 is 0 Å². The molecule has 4 nitrogen and oxygen atoms in total. The van der Waals surface area contributed by atoms with E-state index in [-0.39, 0.29) is 11.7 Å². The van der Waals surface area contributed by atoms with Crippen LogP contribution in [0.15, 0.2) is 24.3 Å². The number of carbonyl (C=O) groups excluding carboxylic acids is 1. The first kappa shape index (κ1) is 15.2. The number of aromatic nitrogens is 2. The molecule has 2 aliphatic rings. The summed E-state index contributed by atoms with van der Waals surface area (Å²) >= 11 is 0. The van der Waals surface area contributed by atoms with Gasteiger partial charge in [-0.05, 0) is 56.0 Å². The molecule has 1 aromatic heterocycles. The Morgan fingerprint density at radius 1 is 1.12 bits per heavy atom. The Labute approximate surface area is 140 Å². The van der Waals surface area contributed by atoms with Crippen molar-refractivity contribution < 1.29 is 9.18 Å². The minimum Gasteiger partial charge on any atom is -0.342 e. The molecule has 24 heavy (non-hydrogen) atoms. The van der Waals surface area contributed by atoms with Gasteiger partial charge in [-0.1, -0.05) is 0 Å². The van der Waals surface area contributed by atoms with Crippen LogP contribution in [-0.2, 0) is 17.6 Å². The predicted molar refractivity (Wildman–Crippen MR) is 88.9 cm³/mol. The zero-order valence-corrected chi connectivity index (χ0v) is 13.8. The fourth-order valence-corrected chi connectivity index (χ4v) is 3.32. The zero-order valence-electron chi connectivity index (χ0n) is 13.8. The first-order valence-corrected chi connectivity index (χ1v) is 8.53. The van der Waals surface area contributed by atoms with Gasteiger partial charge < -0.3 is 4.90 Å². The third-order valence-electron chi connectivity index (χ3n) is 4.89. The van der Waals surface area contributed by atoms with Gasteiger partial charge in [0.15, 0.2) is 5.82 Å². The molecule has 0 radical (unpaired) electrons. The van der Waals surface area contributed by atoms with E-state index in [1.165, 1.54) is 12.1 Å². The summed E-state index contributed by atoms with van der Waals surface area (Å²) in [5.41, 5.74) is 3.96. The van der Waals surface area contributed by atoms with Gasteiger partial charge in [0, 0.05) is 42.4 Å². The molecule has 0 unspecified atom stereocenters. The number of hydrogen-bond acceptors (Lipinski definition) is 3. The molecular formula is C19H20FN3O. The van der Waals surface area contributed by atoms with Crippen molar-refractivity contribution in [2.24, 2.45) is 5.92 Å². The Kier molecular flexibility index (Phi) is 3.79. The zero-order chi connectivity index (χ0) is 16.7. The smallest absolute Gasteiger partial charge is 0.225 e.